The Kier molecular flexibility index (Phi) is 3.34. The quantitative estimate of drug-likeness (QED) is 0.887. The van der Waals surface area contributed by atoms with Crippen LogP contribution in [0.25, 0.3) is 0 Å². The Hall–Kier alpha value is -2.41. The molecule has 2 aromatic rings. The highest BCUT2D eigenvalue weighted by molar-refractivity contribution is 5.90. The minimum absolute atomic E-state index is 0.128. The number of amides is 1. The van der Waals surface area contributed by atoms with Crippen LogP contribution in [-0.2, 0) is 4.74 Å². The van der Waals surface area contributed by atoms with Crippen molar-refractivity contribution in [3.05, 3.63) is 42.0 Å². The van der Waals surface area contributed by atoms with Crippen LogP contribution in [0.15, 0.2) is 34.9 Å². The number of aromatic nitrogens is 2. The van der Waals surface area contributed by atoms with Crippen LogP contribution >= 0.6 is 0 Å². The highest BCUT2D eigenvalue weighted by Crippen LogP contribution is 2.25. The van der Waals surface area contributed by atoms with Gasteiger partial charge in [0.05, 0.1) is 19.4 Å². The van der Waals surface area contributed by atoms with Crippen molar-refractivity contribution < 1.29 is 13.9 Å². The van der Waals surface area contributed by atoms with Crippen LogP contribution in [0, 0.1) is 0 Å². The Morgan fingerprint density at radius 1 is 1.35 bits per heavy atom. The number of carbonyl (C=O) groups excluding carboxylic acids is 1. The predicted octanol–water partition coefficient (Wildman–Crippen LogP) is 0.746. The summed E-state index contributed by atoms with van der Waals surface area (Å²) in [6.07, 6.45) is 1.50. The Labute approximate surface area is 115 Å². The number of rotatable bonds is 3. The standard InChI is InChI=1S/C13H14N4O3/c14-13(18)9-3-4-12(16-15-9)17-5-7-20-11(8-17)10-2-1-6-19-10/h1-4,6,11H,5,7-8H2,(H2,14,18). The van der Waals surface area contributed by atoms with Gasteiger partial charge in [-0.25, -0.2) is 0 Å². The van der Waals surface area contributed by atoms with Crippen LogP contribution < -0.4 is 10.6 Å². The van der Waals surface area contributed by atoms with Gasteiger partial charge in [0.25, 0.3) is 5.91 Å². The van der Waals surface area contributed by atoms with Crippen molar-refractivity contribution >= 4 is 11.7 Å². The second-order valence-electron chi connectivity index (χ2n) is 4.46. The van der Waals surface area contributed by atoms with Crippen LogP contribution in [0.2, 0.25) is 0 Å². The van der Waals surface area contributed by atoms with E-state index in [9.17, 15) is 4.79 Å². The minimum atomic E-state index is -0.584. The third kappa shape index (κ3) is 2.48. The van der Waals surface area contributed by atoms with Gasteiger partial charge in [-0.1, -0.05) is 0 Å². The molecule has 0 aliphatic carbocycles. The highest BCUT2D eigenvalue weighted by Gasteiger charge is 2.25. The number of carbonyl (C=O) groups is 1. The normalized spacial score (nSPS) is 19.0. The molecule has 104 valence electrons. The molecular formula is C13H14N4O3. The number of furan rings is 1. The number of nitrogens with zero attached hydrogens (tertiary/aromatic N) is 3. The zero-order valence-electron chi connectivity index (χ0n) is 10.7. The Morgan fingerprint density at radius 2 is 2.25 bits per heavy atom. The first-order chi connectivity index (χ1) is 9.74. The number of primary amides is 1. The van der Waals surface area contributed by atoms with E-state index >= 15 is 0 Å². The predicted molar refractivity (Wildman–Crippen MR) is 70.2 cm³/mol. The van der Waals surface area contributed by atoms with Gasteiger partial charge >= 0.3 is 0 Å². The van der Waals surface area contributed by atoms with Crippen LogP contribution in [-0.4, -0.2) is 35.8 Å². The maximum absolute atomic E-state index is 11.0. The van der Waals surface area contributed by atoms with Gasteiger partial charge in [0.2, 0.25) is 0 Å². The van der Waals surface area contributed by atoms with Crippen molar-refractivity contribution in [2.45, 2.75) is 6.10 Å². The molecule has 7 nitrogen and oxygen atoms in total. The first kappa shape index (κ1) is 12.6. The molecule has 0 bridgehead atoms. The Balaban J connectivity index is 1.75. The monoisotopic (exact) mass is 274 g/mol. The fourth-order valence-corrected chi connectivity index (χ4v) is 2.13. The van der Waals surface area contributed by atoms with Crippen molar-refractivity contribution in [1.29, 1.82) is 0 Å². The van der Waals surface area contributed by atoms with E-state index in [0.29, 0.717) is 25.5 Å². The molecule has 1 saturated heterocycles. The molecule has 7 heteroatoms. The molecule has 2 N–H and O–H groups in total. The van der Waals surface area contributed by atoms with E-state index in [1.54, 1.807) is 18.4 Å². The summed E-state index contributed by atoms with van der Waals surface area (Å²) in [5, 5.41) is 7.84. The lowest BCUT2D eigenvalue weighted by Gasteiger charge is -2.32. The average molecular weight is 274 g/mol. The van der Waals surface area contributed by atoms with Gasteiger partial charge in [0.15, 0.2) is 11.5 Å². The van der Waals surface area contributed by atoms with Crippen LogP contribution in [0.4, 0.5) is 5.82 Å². The summed E-state index contributed by atoms with van der Waals surface area (Å²) in [6, 6.07) is 7.02. The molecule has 3 heterocycles. The minimum Gasteiger partial charge on any atom is -0.467 e. The van der Waals surface area contributed by atoms with E-state index in [2.05, 4.69) is 10.2 Å². The third-order valence-corrected chi connectivity index (χ3v) is 3.15. The van der Waals surface area contributed by atoms with Crippen LogP contribution in [0.5, 0.6) is 0 Å². The van der Waals surface area contributed by atoms with Crippen molar-refractivity contribution in [2.24, 2.45) is 5.73 Å². The van der Waals surface area contributed by atoms with E-state index in [0.717, 1.165) is 5.76 Å². The number of ether oxygens (including phenoxy) is 1. The summed E-state index contributed by atoms with van der Waals surface area (Å²) >= 11 is 0. The zero-order valence-corrected chi connectivity index (χ0v) is 10.7. The van der Waals surface area contributed by atoms with Crippen molar-refractivity contribution in [2.75, 3.05) is 24.6 Å². The van der Waals surface area contributed by atoms with Gasteiger partial charge in [-0.05, 0) is 24.3 Å². The molecule has 2 aromatic heterocycles. The fourth-order valence-electron chi connectivity index (χ4n) is 2.13. The lowest BCUT2D eigenvalue weighted by molar-refractivity contribution is 0.0254. The summed E-state index contributed by atoms with van der Waals surface area (Å²) in [5.74, 6) is 0.894. The molecule has 0 saturated carbocycles. The molecule has 1 fully saturated rings. The molecule has 20 heavy (non-hydrogen) atoms. The number of anilines is 1. The van der Waals surface area contributed by atoms with Gasteiger partial charge in [0, 0.05) is 6.54 Å². The first-order valence-corrected chi connectivity index (χ1v) is 6.27. The molecule has 0 aromatic carbocycles. The molecule has 0 spiro atoms. The van der Waals surface area contributed by atoms with Crippen LogP contribution in [0.1, 0.15) is 22.4 Å². The maximum Gasteiger partial charge on any atom is 0.269 e. The Bertz CT molecular complexity index is 582. The van der Waals surface area contributed by atoms with E-state index in [1.165, 1.54) is 0 Å². The number of hydrogen-bond acceptors (Lipinski definition) is 6. The SMILES string of the molecule is NC(=O)c1ccc(N2CCOC(c3ccco3)C2)nn1. The van der Waals surface area contributed by atoms with E-state index in [-0.39, 0.29) is 11.8 Å². The zero-order chi connectivity index (χ0) is 13.9. The summed E-state index contributed by atoms with van der Waals surface area (Å²) in [7, 11) is 0. The summed E-state index contributed by atoms with van der Waals surface area (Å²) in [5.41, 5.74) is 5.30. The fraction of sp³-hybridized carbons (Fsp3) is 0.308. The van der Waals surface area contributed by atoms with E-state index in [4.69, 9.17) is 14.9 Å². The van der Waals surface area contributed by atoms with Gasteiger partial charge in [-0.15, -0.1) is 10.2 Å². The number of nitrogens with two attached hydrogens (primary N) is 1. The van der Waals surface area contributed by atoms with Crippen molar-refractivity contribution in [1.82, 2.24) is 10.2 Å². The van der Waals surface area contributed by atoms with E-state index < -0.39 is 5.91 Å². The lowest BCUT2D eigenvalue weighted by Crippen LogP contribution is -2.39. The first-order valence-electron chi connectivity index (χ1n) is 6.27. The topological polar surface area (TPSA) is 94.5 Å². The number of hydrogen-bond donors (Lipinski definition) is 1. The van der Waals surface area contributed by atoms with Gasteiger partial charge < -0.3 is 19.8 Å². The second kappa shape index (κ2) is 5.30. The maximum atomic E-state index is 11.0. The molecule has 0 radical (unpaired) electrons. The molecule has 1 aliphatic heterocycles. The molecule has 1 amide bonds. The van der Waals surface area contributed by atoms with E-state index in [1.807, 2.05) is 17.0 Å². The molecule has 1 aliphatic rings. The van der Waals surface area contributed by atoms with Gasteiger partial charge in [0.1, 0.15) is 11.9 Å². The largest absolute Gasteiger partial charge is 0.467 e. The summed E-state index contributed by atoms with van der Waals surface area (Å²) < 4.78 is 11.0. The molecule has 3 rings (SSSR count). The molecule has 1 unspecified atom stereocenters. The highest BCUT2D eigenvalue weighted by atomic mass is 16.5. The summed E-state index contributed by atoms with van der Waals surface area (Å²) in [6.45, 7) is 1.91. The van der Waals surface area contributed by atoms with Gasteiger partial charge in [-0.3, -0.25) is 4.79 Å². The third-order valence-electron chi connectivity index (χ3n) is 3.15. The Morgan fingerprint density at radius 3 is 2.90 bits per heavy atom. The average Bonchev–Trinajstić information content (AvgIpc) is 3.02. The smallest absolute Gasteiger partial charge is 0.269 e. The van der Waals surface area contributed by atoms with Crippen molar-refractivity contribution in [3.8, 4) is 0 Å². The molecule has 1 atom stereocenters. The lowest BCUT2D eigenvalue weighted by atomic mass is 10.2. The van der Waals surface area contributed by atoms with Crippen molar-refractivity contribution in [3.63, 3.8) is 0 Å². The van der Waals surface area contributed by atoms with Gasteiger partial charge in [-0.2, -0.15) is 0 Å². The second-order valence-corrected chi connectivity index (χ2v) is 4.46. The van der Waals surface area contributed by atoms with Crippen LogP contribution in [0.3, 0.4) is 0 Å². The number of morpholine rings is 1. The summed E-state index contributed by atoms with van der Waals surface area (Å²) in [4.78, 5) is 13.0. The molecular weight excluding hydrogens is 260 g/mol.